The van der Waals surface area contributed by atoms with Crippen LogP contribution in [0.2, 0.25) is 0 Å². The van der Waals surface area contributed by atoms with Crippen molar-refractivity contribution >= 4 is 11.6 Å². The second-order valence-electron chi connectivity index (χ2n) is 4.55. The van der Waals surface area contributed by atoms with Crippen molar-refractivity contribution in [3.05, 3.63) is 18.0 Å². The molecule has 1 aromatic heterocycles. The minimum Gasteiger partial charge on any atom is -0.397 e. The Bertz CT molecular complexity index is 414. The molecule has 17 heavy (non-hydrogen) atoms. The van der Waals surface area contributed by atoms with E-state index in [1.165, 1.54) is 0 Å². The first-order chi connectivity index (χ1) is 8.11. The van der Waals surface area contributed by atoms with Crippen LogP contribution in [-0.4, -0.2) is 39.7 Å². The van der Waals surface area contributed by atoms with Crippen LogP contribution < -0.4 is 5.73 Å². The number of hydrogen-bond donors (Lipinski definition) is 2. The number of nitrogens with zero attached hydrogens (tertiary/aromatic N) is 2. The summed E-state index contributed by atoms with van der Waals surface area (Å²) < 4.78 is 1.89. The molecule has 2 heterocycles. The van der Waals surface area contributed by atoms with Gasteiger partial charge < -0.3 is 20.3 Å². The van der Waals surface area contributed by atoms with Crippen molar-refractivity contribution in [2.24, 2.45) is 0 Å². The van der Waals surface area contributed by atoms with Crippen LogP contribution >= 0.6 is 0 Å². The minimum atomic E-state index is -0.383. The lowest BCUT2D eigenvalue weighted by Crippen LogP contribution is -2.31. The number of carbonyl (C=O) groups excluding carboxylic acids is 1. The summed E-state index contributed by atoms with van der Waals surface area (Å²) in [5.41, 5.74) is 6.97. The van der Waals surface area contributed by atoms with E-state index in [0.717, 1.165) is 13.0 Å². The molecule has 1 fully saturated rings. The number of rotatable bonds is 3. The fraction of sp³-hybridized carbons (Fsp3) is 0.583. The zero-order valence-corrected chi connectivity index (χ0v) is 10.1. The lowest BCUT2D eigenvalue weighted by molar-refractivity contribution is 0.0754. The average Bonchev–Trinajstić information content (AvgIpc) is 2.85. The van der Waals surface area contributed by atoms with Crippen LogP contribution in [0.3, 0.4) is 0 Å². The van der Waals surface area contributed by atoms with E-state index < -0.39 is 0 Å². The van der Waals surface area contributed by atoms with Gasteiger partial charge in [0.1, 0.15) is 5.69 Å². The highest BCUT2D eigenvalue weighted by Gasteiger charge is 2.27. The Labute approximate surface area is 101 Å². The van der Waals surface area contributed by atoms with Gasteiger partial charge in [0, 0.05) is 25.8 Å². The van der Waals surface area contributed by atoms with Crippen LogP contribution in [0, 0.1) is 0 Å². The SMILES string of the molecule is CCCn1cc(N)cc1C(=O)N1CC[C@H](O)C1. The zero-order valence-electron chi connectivity index (χ0n) is 10.1. The van der Waals surface area contributed by atoms with Crippen molar-refractivity contribution in [3.8, 4) is 0 Å². The molecule has 1 saturated heterocycles. The number of aliphatic hydroxyl groups excluding tert-OH is 1. The monoisotopic (exact) mass is 237 g/mol. The first kappa shape index (κ1) is 12.0. The van der Waals surface area contributed by atoms with Crippen molar-refractivity contribution in [1.29, 1.82) is 0 Å². The van der Waals surface area contributed by atoms with Crippen molar-refractivity contribution in [3.63, 3.8) is 0 Å². The van der Waals surface area contributed by atoms with Gasteiger partial charge in [-0.2, -0.15) is 0 Å². The molecule has 1 aliphatic heterocycles. The lowest BCUT2D eigenvalue weighted by Gasteiger charge is -2.16. The summed E-state index contributed by atoms with van der Waals surface area (Å²) in [5.74, 6) is -0.0355. The number of likely N-dealkylation sites (tertiary alicyclic amines) is 1. The largest absolute Gasteiger partial charge is 0.397 e. The van der Waals surface area contributed by atoms with Crippen molar-refractivity contribution in [1.82, 2.24) is 9.47 Å². The molecule has 1 aliphatic rings. The Morgan fingerprint density at radius 1 is 1.65 bits per heavy atom. The van der Waals surface area contributed by atoms with E-state index in [9.17, 15) is 9.90 Å². The highest BCUT2D eigenvalue weighted by Crippen LogP contribution is 2.17. The fourth-order valence-corrected chi connectivity index (χ4v) is 2.23. The number of aryl methyl sites for hydroxylation is 1. The molecule has 0 spiro atoms. The molecule has 0 radical (unpaired) electrons. The van der Waals surface area contributed by atoms with Crippen LogP contribution in [0.15, 0.2) is 12.3 Å². The molecular formula is C12H19N3O2. The van der Waals surface area contributed by atoms with Gasteiger partial charge in [-0.3, -0.25) is 4.79 Å². The van der Waals surface area contributed by atoms with Crippen molar-refractivity contribution in [2.75, 3.05) is 18.8 Å². The van der Waals surface area contributed by atoms with E-state index in [-0.39, 0.29) is 12.0 Å². The van der Waals surface area contributed by atoms with Gasteiger partial charge in [-0.25, -0.2) is 0 Å². The summed E-state index contributed by atoms with van der Waals surface area (Å²) in [6, 6.07) is 1.71. The number of nitrogens with two attached hydrogens (primary N) is 1. The summed E-state index contributed by atoms with van der Waals surface area (Å²) in [5, 5.41) is 9.45. The summed E-state index contributed by atoms with van der Waals surface area (Å²) in [6.45, 7) is 3.89. The van der Waals surface area contributed by atoms with E-state index >= 15 is 0 Å². The second kappa shape index (κ2) is 4.79. The van der Waals surface area contributed by atoms with Gasteiger partial charge in [-0.05, 0) is 18.9 Å². The number of amides is 1. The van der Waals surface area contributed by atoms with Gasteiger partial charge >= 0.3 is 0 Å². The first-order valence-electron chi connectivity index (χ1n) is 6.04. The quantitative estimate of drug-likeness (QED) is 0.812. The third-order valence-electron chi connectivity index (χ3n) is 3.05. The second-order valence-corrected chi connectivity index (χ2v) is 4.55. The number of carbonyl (C=O) groups is 1. The Morgan fingerprint density at radius 2 is 2.41 bits per heavy atom. The summed E-state index contributed by atoms with van der Waals surface area (Å²) in [4.78, 5) is 13.9. The summed E-state index contributed by atoms with van der Waals surface area (Å²) in [6.07, 6.45) is 3.03. The van der Waals surface area contributed by atoms with Gasteiger partial charge in [0.25, 0.3) is 5.91 Å². The lowest BCUT2D eigenvalue weighted by atomic mass is 10.3. The van der Waals surface area contributed by atoms with E-state index in [2.05, 4.69) is 6.92 Å². The molecule has 5 nitrogen and oxygen atoms in total. The molecule has 2 rings (SSSR count). The maximum atomic E-state index is 12.2. The topological polar surface area (TPSA) is 71.5 Å². The fourth-order valence-electron chi connectivity index (χ4n) is 2.23. The van der Waals surface area contributed by atoms with Gasteiger partial charge in [-0.15, -0.1) is 0 Å². The molecule has 1 aromatic rings. The van der Waals surface area contributed by atoms with Crippen LogP contribution in [0.1, 0.15) is 30.3 Å². The average molecular weight is 237 g/mol. The van der Waals surface area contributed by atoms with E-state index in [1.807, 2.05) is 4.57 Å². The highest BCUT2D eigenvalue weighted by atomic mass is 16.3. The third-order valence-corrected chi connectivity index (χ3v) is 3.05. The predicted octanol–water partition coefficient (Wildman–Crippen LogP) is 0.687. The van der Waals surface area contributed by atoms with Crippen molar-refractivity contribution < 1.29 is 9.90 Å². The molecule has 0 aromatic carbocycles. The van der Waals surface area contributed by atoms with Crippen molar-refractivity contribution in [2.45, 2.75) is 32.4 Å². The molecule has 0 saturated carbocycles. The maximum absolute atomic E-state index is 12.2. The maximum Gasteiger partial charge on any atom is 0.270 e. The van der Waals surface area contributed by atoms with E-state index in [0.29, 0.717) is 30.9 Å². The number of nitrogen functional groups attached to an aromatic ring is 1. The molecule has 1 amide bonds. The standard InChI is InChI=1S/C12H19N3O2/c1-2-4-14-7-9(13)6-11(14)12(17)15-5-3-10(16)8-15/h6-7,10,16H,2-5,8,13H2,1H3/t10-/m0/s1. The smallest absolute Gasteiger partial charge is 0.270 e. The molecule has 0 bridgehead atoms. The highest BCUT2D eigenvalue weighted by molar-refractivity contribution is 5.94. The van der Waals surface area contributed by atoms with Crippen LogP contribution in [-0.2, 0) is 6.54 Å². The molecule has 3 N–H and O–H groups in total. The minimum absolute atomic E-state index is 0.0355. The molecule has 0 aliphatic carbocycles. The first-order valence-corrected chi connectivity index (χ1v) is 6.04. The van der Waals surface area contributed by atoms with Gasteiger partial charge in [0.05, 0.1) is 11.8 Å². The normalized spacial score (nSPS) is 19.9. The summed E-state index contributed by atoms with van der Waals surface area (Å²) >= 11 is 0. The van der Waals surface area contributed by atoms with Gasteiger partial charge in [0.15, 0.2) is 0 Å². The predicted molar refractivity (Wildman–Crippen MR) is 65.7 cm³/mol. The Hall–Kier alpha value is -1.49. The molecule has 5 heteroatoms. The number of aromatic nitrogens is 1. The molecule has 1 atom stereocenters. The van der Waals surface area contributed by atoms with Crippen LogP contribution in [0.4, 0.5) is 5.69 Å². The van der Waals surface area contributed by atoms with Gasteiger partial charge in [0.2, 0.25) is 0 Å². The Morgan fingerprint density at radius 3 is 3.00 bits per heavy atom. The Balaban J connectivity index is 2.18. The molecule has 0 unspecified atom stereocenters. The van der Waals surface area contributed by atoms with E-state index in [1.54, 1.807) is 17.2 Å². The number of β-amino-alcohol motifs (C(OH)–C–C–N with tert-alkyl or cyclic N) is 1. The summed E-state index contributed by atoms with van der Waals surface area (Å²) in [7, 11) is 0. The Kier molecular flexibility index (Phi) is 3.38. The van der Waals surface area contributed by atoms with E-state index in [4.69, 9.17) is 5.73 Å². The molecular weight excluding hydrogens is 218 g/mol. The number of aliphatic hydroxyl groups is 1. The van der Waals surface area contributed by atoms with Crippen LogP contribution in [0.5, 0.6) is 0 Å². The van der Waals surface area contributed by atoms with Gasteiger partial charge in [-0.1, -0.05) is 6.92 Å². The number of hydrogen-bond acceptors (Lipinski definition) is 3. The zero-order chi connectivity index (χ0) is 12.4. The molecule has 94 valence electrons. The number of anilines is 1. The van der Waals surface area contributed by atoms with Crippen LogP contribution in [0.25, 0.3) is 0 Å². The third kappa shape index (κ3) is 2.44.